The largest absolute Gasteiger partial charge is 0.489 e. The van der Waals surface area contributed by atoms with Gasteiger partial charge in [0.2, 0.25) is 0 Å². The second kappa shape index (κ2) is 11.8. The topological polar surface area (TPSA) is 60.9 Å². The minimum atomic E-state index is -0.0797. The van der Waals surface area contributed by atoms with E-state index in [2.05, 4.69) is 34.2 Å². The molecule has 1 saturated heterocycles. The second-order valence-electron chi connectivity index (χ2n) is 8.83. The molecule has 0 radical (unpaired) electrons. The van der Waals surface area contributed by atoms with Crippen LogP contribution in [0.3, 0.4) is 0 Å². The number of nitrogens with zero attached hydrogens (tertiary/aromatic N) is 4. The van der Waals surface area contributed by atoms with Gasteiger partial charge >= 0.3 is 6.03 Å². The van der Waals surface area contributed by atoms with Gasteiger partial charge in [-0.1, -0.05) is 18.2 Å². The molecular formula is C25H37N5O2. The third-order valence-corrected chi connectivity index (χ3v) is 6.29. The van der Waals surface area contributed by atoms with Crippen molar-refractivity contribution in [3.05, 3.63) is 59.9 Å². The maximum Gasteiger partial charge on any atom is 0.317 e. The van der Waals surface area contributed by atoms with Gasteiger partial charge in [-0.15, -0.1) is 0 Å². The Morgan fingerprint density at radius 3 is 2.56 bits per heavy atom. The SMILES string of the molecule is CC(NC(=O)N(C)CCN(C)C1CCN(C)CC1)c1ccc(OCc2cccnc2)cc1. The fourth-order valence-electron chi connectivity index (χ4n) is 3.91. The molecule has 1 atom stereocenters. The molecule has 2 heterocycles. The summed E-state index contributed by atoms with van der Waals surface area (Å²) in [5, 5.41) is 3.10. The molecule has 0 saturated carbocycles. The Kier molecular flexibility index (Phi) is 8.88. The van der Waals surface area contributed by atoms with Crippen LogP contribution in [-0.2, 0) is 6.61 Å². The van der Waals surface area contributed by atoms with Crippen molar-refractivity contribution in [2.75, 3.05) is 47.3 Å². The van der Waals surface area contributed by atoms with E-state index < -0.39 is 0 Å². The molecule has 1 aliphatic rings. The van der Waals surface area contributed by atoms with E-state index >= 15 is 0 Å². The Labute approximate surface area is 192 Å². The molecule has 7 heteroatoms. The van der Waals surface area contributed by atoms with E-state index in [4.69, 9.17) is 4.74 Å². The predicted molar refractivity (Wildman–Crippen MR) is 128 cm³/mol. The number of likely N-dealkylation sites (N-methyl/N-ethyl adjacent to an activating group) is 2. The summed E-state index contributed by atoms with van der Waals surface area (Å²) in [4.78, 5) is 23.3. The molecule has 0 aliphatic carbocycles. The Bertz CT molecular complexity index is 822. The van der Waals surface area contributed by atoms with E-state index in [1.54, 1.807) is 17.3 Å². The highest BCUT2D eigenvalue weighted by Crippen LogP contribution is 2.19. The second-order valence-corrected chi connectivity index (χ2v) is 8.83. The zero-order valence-corrected chi connectivity index (χ0v) is 19.8. The fourth-order valence-corrected chi connectivity index (χ4v) is 3.91. The van der Waals surface area contributed by atoms with E-state index in [1.165, 1.54) is 12.8 Å². The quantitative estimate of drug-likeness (QED) is 0.649. The average Bonchev–Trinajstić information content (AvgIpc) is 2.82. The van der Waals surface area contributed by atoms with Crippen molar-refractivity contribution in [2.24, 2.45) is 0 Å². The zero-order valence-electron chi connectivity index (χ0n) is 19.8. The molecule has 2 aromatic rings. The van der Waals surface area contributed by atoms with Crippen LogP contribution in [0.25, 0.3) is 0 Å². The summed E-state index contributed by atoms with van der Waals surface area (Å²) >= 11 is 0. The van der Waals surface area contributed by atoms with Crippen LogP contribution in [0, 0.1) is 0 Å². The number of hydrogen-bond donors (Lipinski definition) is 1. The zero-order chi connectivity index (χ0) is 22.9. The van der Waals surface area contributed by atoms with Gasteiger partial charge in [0, 0.05) is 44.1 Å². The summed E-state index contributed by atoms with van der Waals surface area (Å²) in [5.41, 5.74) is 2.07. The van der Waals surface area contributed by atoms with Crippen LogP contribution in [0.5, 0.6) is 5.75 Å². The van der Waals surface area contributed by atoms with Crippen LogP contribution >= 0.6 is 0 Å². The average molecular weight is 440 g/mol. The third-order valence-electron chi connectivity index (χ3n) is 6.29. The fraction of sp³-hybridized carbons (Fsp3) is 0.520. The van der Waals surface area contributed by atoms with Crippen molar-refractivity contribution in [1.82, 2.24) is 25.0 Å². The summed E-state index contributed by atoms with van der Waals surface area (Å²) in [5.74, 6) is 0.796. The number of pyridine rings is 1. The van der Waals surface area contributed by atoms with Gasteiger partial charge in [-0.3, -0.25) is 4.98 Å². The molecule has 1 aromatic carbocycles. The number of hydrogen-bond acceptors (Lipinski definition) is 5. The lowest BCUT2D eigenvalue weighted by atomic mass is 10.0. The van der Waals surface area contributed by atoms with Crippen LogP contribution in [-0.4, -0.2) is 79.1 Å². The maximum absolute atomic E-state index is 12.6. The van der Waals surface area contributed by atoms with Crippen molar-refractivity contribution in [3.8, 4) is 5.75 Å². The van der Waals surface area contributed by atoms with Gasteiger partial charge < -0.3 is 24.8 Å². The molecule has 1 N–H and O–H groups in total. The van der Waals surface area contributed by atoms with Gasteiger partial charge in [0.15, 0.2) is 0 Å². The highest BCUT2D eigenvalue weighted by atomic mass is 16.5. The Morgan fingerprint density at radius 1 is 1.19 bits per heavy atom. The molecule has 2 amide bonds. The lowest BCUT2D eigenvalue weighted by Crippen LogP contribution is -2.46. The molecule has 174 valence electrons. The van der Waals surface area contributed by atoms with Gasteiger partial charge in [-0.2, -0.15) is 0 Å². The van der Waals surface area contributed by atoms with Crippen molar-refractivity contribution in [2.45, 2.75) is 38.5 Å². The first-order valence-corrected chi connectivity index (χ1v) is 11.4. The van der Waals surface area contributed by atoms with Gasteiger partial charge in [0.05, 0.1) is 6.04 Å². The van der Waals surface area contributed by atoms with E-state index in [-0.39, 0.29) is 12.1 Å². The molecule has 1 unspecified atom stereocenters. The van der Waals surface area contributed by atoms with Crippen molar-refractivity contribution < 1.29 is 9.53 Å². The predicted octanol–water partition coefficient (Wildman–Crippen LogP) is 3.39. The molecule has 7 nitrogen and oxygen atoms in total. The van der Waals surface area contributed by atoms with E-state index in [1.807, 2.05) is 50.4 Å². The summed E-state index contributed by atoms with van der Waals surface area (Å²) in [6.07, 6.45) is 5.94. The normalized spacial score (nSPS) is 16.0. The molecular weight excluding hydrogens is 402 g/mol. The lowest BCUT2D eigenvalue weighted by Gasteiger charge is -2.35. The standard InChI is InChI=1S/C25H37N5O2/c1-20(22-7-9-24(10-8-22)32-19-21-6-5-13-26-18-21)27-25(31)30(4)17-16-29(3)23-11-14-28(2)15-12-23/h5-10,13,18,20,23H,11-12,14-17,19H2,1-4H3,(H,27,31). The molecule has 32 heavy (non-hydrogen) atoms. The number of ether oxygens (including phenoxy) is 1. The Hall–Kier alpha value is -2.64. The lowest BCUT2D eigenvalue weighted by molar-refractivity contribution is 0.134. The van der Waals surface area contributed by atoms with E-state index in [0.717, 1.165) is 36.5 Å². The molecule has 0 bridgehead atoms. The number of amides is 2. The number of carbonyl (C=O) groups is 1. The number of benzene rings is 1. The monoisotopic (exact) mass is 439 g/mol. The van der Waals surface area contributed by atoms with Crippen molar-refractivity contribution >= 4 is 6.03 Å². The summed E-state index contributed by atoms with van der Waals surface area (Å²) in [6, 6.07) is 12.2. The molecule has 3 rings (SSSR count). The van der Waals surface area contributed by atoms with E-state index in [0.29, 0.717) is 19.2 Å². The number of urea groups is 1. The Balaban J connectivity index is 1.41. The molecule has 1 fully saturated rings. The van der Waals surface area contributed by atoms with Crippen molar-refractivity contribution in [3.63, 3.8) is 0 Å². The molecule has 1 aromatic heterocycles. The summed E-state index contributed by atoms with van der Waals surface area (Å²) in [6.45, 7) is 6.38. The summed E-state index contributed by atoms with van der Waals surface area (Å²) in [7, 11) is 6.21. The first-order valence-electron chi connectivity index (χ1n) is 11.4. The molecule has 0 spiro atoms. The number of rotatable bonds is 9. The maximum atomic E-state index is 12.6. The molecule has 1 aliphatic heterocycles. The Morgan fingerprint density at radius 2 is 1.91 bits per heavy atom. The van der Waals surface area contributed by atoms with Gasteiger partial charge in [-0.25, -0.2) is 4.79 Å². The van der Waals surface area contributed by atoms with Crippen LogP contribution in [0.1, 0.15) is 36.9 Å². The number of likely N-dealkylation sites (tertiary alicyclic amines) is 1. The van der Waals surface area contributed by atoms with Crippen LogP contribution < -0.4 is 10.1 Å². The first kappa shape index (κ1) is 24.0. The number of carbonyl (C=O) groups excluding carboxylic acids is 1. The van der Waals surface area contributed by atoms with E-state index in [9.17, 15) is 4.79 Å². The van der Waals surface area contributed by atoms with Crippen LogP contribution in [0.15, 0.2) is 48.8 Å². The minimum absolute atomic E-state index is 0.0498. The smallest absolute Gasteiger partial charge is 0.317 e. The van der Waals surface area contributed by atoms with Gasteiger partial charge in [0.25, 0.3) is 0 Å². The highest BCUT2D eigenvalue weighted by Gasteiger charge is 2.21. The minimum Gasteiger partial charge on any atom is -0.489 e. The summed E-state index contributed by atoms with van der Waals surface area (Å²) < 4.78 is 5.81. The third kappa shape index (κ3) is 7.21. The van der Waals surface area contributed by atoms with Crippen LogP contribution in [0.2, 0.25) is 0 Å². The first-order chi connectivity index (χ1) is 15.4. The highest BCUT2D eigenvalue weighted by molar-refractivity contribution is 5.74. The van der Waals surface area contributed by atoms with Gasteiger partial charge in [0.1, 0.15) is 12.4 Å². The van der Waals surface area contributed by atoms with Gasteiger partial charge in [-0.05, 0) is 70.7 Å². The van der Waals surface area contributed by atoms with Crippen LogP contribution in [0.4, 0.5) is 4.79 Å². The number of nitrogens with one attached hydrogen (secondary N) is 1. The number of piperidine rings is 1. The number of aromatic nitrogens is 1. The van der Waals surface area contributed by atoms with Crippen molar-refractivity contribution in [1.29, 1.82) is 0 Å².